The summed E-state index contributed by atoms with van der Waals surface area (Å²) in [7, 11) is 2.16. The highest BCUT2D eigenvalue weighted by Gasteiger charge is 2.42. The Kier molecular flexibility index (Phi) is 7.55. The lowest BCUT2D eigenvalue weighted by Gasteiger charge is -2.48. The van der Waals surface area contributed by atoms with E-state index in [1.165, 1.54) is 6.42 Å². The van der Waals surface area contributed by atoms with Gasteiger partial charge in [-0.1, -0.05) is 11.3 Å². The smallest absolute Gasteiger partial charge is 0.475 e. The number of carbonyl (C=O) groups is 1. The van der Waals surface area contributed by atoms with Crippen LogP contribution in [0.5, 0.6) is 0 Å². The van der Waals surface area contributed by atoms with E-state index in [1.807, 2.05) is 19.1 Å². The lowest BCUT2D eigenvalue weighted by molar-refractivity contribution is -0.192. The highest BCUT2D eigenvalue weighted by molar-refractivity contribution is 7.15. The van der Waals surface area contributed by atoms with E-state index in [0.717, 1.165) is 48.6 Å². The zero-order chi connectivity index (χ0) is 22.6. The number of likely N-dealkylation sites (N-methyl/N-ethyl adjacent to an activating group) is 1. The molecule has 3 atom stereocenters. The summed E-state index contributed by atoms with van der Waals surface area (Å²) in [5.74, 6) is -1.21. The molecule has 2 fully saturated rings. The predicted octanol–water partition coefficient (Wildman–Crippen LogP) is 3.19. The van der Waals surface area contributed by atoms with E-state index in [-0.39, 0.29) is 0 Å². The lowest BCUT2D eigenvalue weighted by atomic mass is 9.85. The topological polar surface area (TPSA) is 91.9 Å². The summed E-state index contributed by atoms with van der Waals surface area (Å²) in [6.07, 6.45) is -0.674. The summed E-state index contributed by atoms with van der Waals surface area (Å²) >= 11 is 1.68. The molecule has 2 aliphatic heterocycles. The molecule has 4 rings (SSSR count). The number of anilines is 1. The van der Waals surface area contributed by atoms with Crippen LogP contribution in [0.15, 0.2) is 22.8 Å². The van der Waals surface area contributed by atoms with Crippen LogP contribution in [-0.2, 0) is 16.1 Å². The van der Waals surface area contributed by atoms with E-state index in [1.54, 1.807) is 17.6 Å². The summed E-state index contributed by atoms with van der Waals surface area (Å²) in [5, 5.41) is 17.7. The summed E-state index contributed by atoms with van der Waals surface area (Å²) in [6.45, 7) is 5.63. The number of ether oxygens (including phenoxy) is 1. The summed E-state index contributed by atoms with van der Waals surface area (Å²) in [4.78, 5) is 13.7. The number of hydrogen-bond acceptors (Lipinski definition) is 8. The van der Waals surface area contributed by atoms with Crippen LogP contribution in [0, 0.1) is 12.8 Å². The third kappa shape index (κ3) is 6.17. The summed E-state index contributed by atoms with van der Waals surface area (Å²) in [5.41, 5.74) is 0. The molecule has 2 aliphatic rings. The number of piperidine rings is 1. The van der Waals surface area contributed by atoms with Gasteiger partial charge in [-0.25, -0.2) is 4.79 Å². The first kappa shape index (κ1) is 23.5. The van der Waals surface area contributed by atoms with Crippen molar-refractivity contribution >= 4 is 22.4 Å². The van der Waals surface area contributed by atoms with Crippen molar-refractivity contribution in [2.24, 2.45) is 5.92 Å². The van der Waals surface area contributed by atoms with Gasteiger partial charge in [0.2, 0.25) is 5.13 Å². The van der Waals surface area contributed by atoms with Crippen LogP contribution < -0.4 is 4.90 Å². The number of nitrogens with zero attached hydrogens (tertiary/aromatic N) is 4. The fourth-order valence-corrected chi connectivity index (χ4v) is 4.60. The Balaban J connectivity index is 0.000000339. The van der Waals surface area contributed by atoms with Gasteiger partial charge < -0.3 is 19.2 Å². The van der Waals surface area contributed by atoms with Gasteiger partial charge in [-0.3, -0.25) is 4.90 Å². The highest BCUT2D eigenvalue weighted by Crippen LogP contribution is 2.34. The van der Waals surface area contributed by atoms with Crippen molar-refractivity contribution in [1.82, 2.24) is 15.1 Å². The second kappa shape index (κ2) is 9.96. The minimum absolute atomic E-state index is 0.295. The van der Waals surface area contributed by atoms with E-state index in [0.29, 0.717) is 18.1 Å². The maximum absolute atomic E-state index is 10.6. The van der Waals surface area contributed by atoms with Crippen LogP contribution in [0.1, 0.15) is 23.6 Å². The number of carboxylic acids is 1. The molecule has 172 valence electrons. The molecule has 4 heterocycles. The van der Waals surface area contributed by atoms with E-state index >= 15 is 0 Å². The van der Waals surface area contributed by atoms with Crippen LogP contribution in [0.3, 0.4) is 0 Å². The molecule has 2 saturated heterocycles. The standard InChI is InChI=1S/C17H24N4O2S.C2HF3O2/c1-12-18-19-17(24-12)21-9-13-5-3-8-23-16(13)15(11-21)20(2)10-14-6-4-7-22-14;3-2(4,5)1(6)7/h4,6-7,13,15-16H,3,5,8-11H2,1-2H3;(H,6,7)/t13-,15+,16-;/m0./s1. The van der Waals surface area contributed by atoms with Gasteiger partial charge in [0, 0.05) is 25.6 Å². The minimum atomic E-state index is -5.08. The van der Waals surface area contributed by atoms with Crippen molar-refractivity contribution in [2.75, 3.05) is 31.6 Å². The van der Waals surface area contributed by atoms with Gasteiger partial charge in [-0.2, -0.15) is 13.2 Å². The van der Waals surface area contributed by atoms with Crippen LogP contribution in [0.4, 0.5) is 18.3 Å². The maximum Gasteiger partial charge on any atom is 0.490 e. The quantitative estimate of drug-likeness (QED) is 0.741. The van der Waals surface area contributed by atoms with Gasteiger partial charge >= 0.3 is 12.1 Å². The second-order valence-electron chi connectivity index (χ2n) is 7.61. The van der Waals surface area contributed by atoms with E-state index in [4.69, 9.17) is 19.1 Å². The van der Waals surface area contributed by atoms with Gasteiger partial charge in [0.15, 0.2) is 0 Å². The van der Waals surface area contributed by atoms with Crippen molar-refractivity contribution in [3.8, 4) is 0 Å². The SMILES string of the molecule is Cc1nnc(N2C[C@@H]3CCCO[C@@H]3[C@H](N(C)Cc3ccco3)C2)s1.O=C(O)C(F)(F)F. The molecule has 0 unspecified atom stereocenters. The number of rotatable bonds is 4. The zero-order valence-corrected chi connectivity index (χ0v) is 18.0. The number of hydrogen-bond donors (Lipinski definition) is 1. The Labute approximate surface area is 181 Å². The average Bonchev–Trinajstić information content (AvgIpc) is 3.38. The molecule has 0 radical (unpaired) electrons. The fraction of sp³-hybridized carbons (Fsp3) is 0.632. The van der Waals surface area contributed by atoms with Gasteiger partial charge in [-0.05, 0) is 38.9 Å². The Morgan fingerprint density at radius 2 is 2.13 bits per heavy atom. The summed E-state index contributed by atoms with van der Waals surface area (Å²) in [6, 6.07) is 4.31. The molecule has 2 aromatic rings. The van der Waals surface area contributed by atoms with Crippen molar-refractivity contribution in [3.05, 3.63) is 29.2 Å². The molecule has 8 nitrogen and oxygen atoms in total. The molecule has 31 heavy (non-hydrogen) atoms. The highest BCUT2D eigenvalue weighted by atomic mass is 32.1. The minimum Gasteiger partial charge on any atom is -0.475 e. The van der Waals surface area contributed by atoms with E-state index < -0.39 is 12.1 Å². The average molecular weight is 462 g/mol. The maximum atomic E-state index is 10.6. The largest absolute Gasteiger partial charge is 0.490 e. The summed E-state index contributed by atoms with van der Waals surface area (Å²) < 4.78 is 43.5. The number of carboxylic acid groups (broad SMARTS) is 1. The molecule has 0 aliphatic carbocycles. The number of fused-ring (bicyclic) bond motifs is 1. The van der Waals surface area contributed by atoms with E-state index in [2.05, 4.69) is 27.0 Å². The first-order valence-corrected chi connectivity index (χ1v) is 10.7. The Morgan fingerprint density at radius 3 is 2.71 bits per heavy atom. The Hall–Kier alpha value is -2.18. The third-order valence-electron chi connectivity index (χ3n) is 5.32. The first-order chi connectivity index (χ1) is 14.6. The first-order valence-electron chi connectivity index (χ1n) is 9.84. The van der Waals surface area contributed by atoms with Gasteiger partial charge in [0.25, 0.3) is 0 Å². The number of aryl methyl sites for hydroxylation is 1. The molecule has 0 saturated carbocycles. The molecule has 2 aromatic heterocycles. The molecular formula is C19H25F3N4O4S. The number of aliphatic carboxylic acids is 1. The van der Waals surface area contributed by atoms with Crippen molar-refractivity contribution < 1.29 is 32.2 Å². The molecule has 0 amide bonds. The molecule has 0 bridgehead atoms. The van der Waals surface area contributed by atoms with Crippen LogP contribution in [0.25, 0.3) is 0 Å². The van der Waals surface area contributed by atoms with Gasteiger partial charge in [0.05, 0.1) is 25.0 Å². The lowest BCUT2D eigenvalue weighted by Crippen LogP contribution is -2.60. The van der Waals surface area contributed by atoms with Crippen LogP contribution in [-0.4, -0.2) is 71.2 Å². The normalized spacial score (nSPS) is 23.8. The van der Waals surface area contributed by atoms with Gasteiger partial charge in [0.1, 0.15) is 10.8 Å². The molecule has 1 N–H and O–H groups in total. The van der Waals surface area contributed by atoms with Crippen LogP contribution >= 0.6 is 11.3 Å². The Bertz CT molecular complexity index is 846. The van der Waals surface area contributed by atoms with E-state index in [9.17, 15) is 13.2 Å². The van der Waals surface area contributed by atoms with Crippen LogP contribution in [0.2, 0.25) is 0 Å². The molecule has 0 aromatic carbocycles. The van der Waals surface area contributed by atoms with Crippen molar-refractivity contribution in [3.63, 3.8) is 0 Å². The molecule has 12 heteroatoms. The molecule has 0 spiro atoms. The van der Waals surface area contributed by atoms with Crippen molar-refractivity contribution in [2.45, 2.75) is 44.6 Å². The number of halogens is 3. The van der Waals surface area contributed by atoms with Gasteiger partial charge in [-0.15, -0.1) is 10.2 Å². The zero-order valence-electron chi connectivity index (χ0n) is 17.2. The Morgan fingerprint density at radius 1 is 1.39 bits per heavy atom. The number of alkyl halides is 3. The van der Waals surface area contributed by atoms with Crippen molar-refractivity contribution in [1.29, 1.82) is 0 Å². The molecular weight excluding hydrogens is 437 g/mol. The number of aromatic nitrogens is 2. The second-order valence-corrected chi connectivity index (χ2v) is 8.77. The predicted molar refractivity (Wildman–Crippen MR) is 107 cm³/mol. The number of furan rings is 1. The third-order valence-corrected chi connectivity index (χ3v) is 6.22. The monoisotopic (exact) mass is 462 g/mol. The fourth-order valence-electron chi connectivity index (χ4n) is 3.90.